The molecular weight excluding hydrogens is 621 g/mol. The highest BCUT2D eigenvalue weighted by molar-refractivity contribution is 6.03. The lowest BCUT2D eigenvalue weighted by Crippen LogP contribution is -2.30. The smallest absolute Gasteiger partial charge is 0.238 e. The molecule has 0 spiro atoms. The summed E-state index contributed by atoms with van der Waals surface area (Å²) in [6.45, 7) is 0. The molecule has 0 amide bonds. The van der Waals surface area contributed by atoms with Crippen LogP contribution in [0.3, 0.4) is 0 Å². The van der Waals surface area contributed by atoms with Gasteiger partial charge in [0.15, 0.2) is 11.6 Å². The predicted octanol–water partition coefficient (Wildman–Crippen LogP) is 10.3. The number of hydrogen-bond donors (Lipinski definition) is 0. The number of aromatic nitrogens is 4. The summed E-state index contributed by atoms with van der Waals surface area (Å²) in [5.74, 6) is 8.63. The van der Waals surface area contributed by atoms with E-state index in [0.717, 1.165) is 35.2 Å². The van der Waals surface area contributed by atoms with Crippen molar-refractivity contribution in [1.29, 1.82) is 0 Å². The fraction of sp³-hybridized carbons (Fsp3) is 0.0851. The van der Waals surface area contributed by atoms with E-state index in [2.05, 4.69) is 132 Å². The van der Waals surface area contributed by atoms with E-state index in [9.17, 15) is 0 Å². The van der Waals surface area contributed by atoms with Crippen LogP contribution < -0.4 is 0 Å². The fourth-order valence-corrected chi connectivity index (χ4v) is 8.47. The van der Waals surface area contributed by atoms with Crippen molar-refractivity contribution in [3.8, 4) is 51.7 Å². The van der Waals surface area contributed by atoms with Crippen molar-refractivity contribution in [1.82, 2.24) is 19.5 Å². The minimum atomic E-state index is -0.541. The second-order valence-electron chi connectivity index (χ2n) is 13.2. The Balaban J connectivity index is 1.34. The first-order valence-electron chi connectivity index (χ1n) is 17.6. The Bertz CT molecular complexity index is 2590. The van der Waals surface area contributed by atoms with Gasteiger partial charge in [-0.2, -0.15) is 9.97 Å². The van der Waals surface area contributed by atoms with Crippen LogP contribution in [0, 0.1) is 11.8 Å². The molecule has 2 heterocycles. The zero-order valence-electron chi connectivity index (χ0n) is 27.9. The van der Waals surface area contributed by atoms with Crippen LogP contribution in [-0.4, -0.2) is 19.5 Å². The molecule has 1 unspecified atom stereocenters. The molecule has 5 aromatic carbocycles. The molecule has 0 saturated carbocycles. The number of nitrogens with zero attached hydrogens (tertiary/aromatic N) is 4. The molecule has 0 radical (unpaired) electrons. The van der Waals surface area contributed by atoms with Gasteiger partial charge in [-0.1, -0.05) is 151 Å². The summed E-state index contributed by atoms with van der Waals surface area (Å²) >= 11 is 0. The molecule has 3 aliphatic rings. The molecule has 7 aromatic rings. The van der Waals surface area contributed by atoms with Crippen molar-refractivity contribution in [3.05, 3.63) is 185 Å². The van der Waals surface area contributed by atoms with E-state index in [1.807, 2.05) is 42.5 Å². The van der Waals surface area contributed by atoms with Crippen molar-refractivity contribution >= 4 is 17.0 Å². The standard InChI is InChI=1S/C47H32N4/c1-2-11-23-34(22-10-1)47(35-24-12-5-13-25-35)39-28-16-14-26-36(39)37-30-31-41-42(43(37)47)38-27-15-17-29-40(38)51(41)46-49-44(32-18-6-3-7-19-32)48-45(50-46)33-20-8-4-9-21-33/h1,3-10,12-14,16-22,24-26,28-31H,15,23,27H2. The number of rotatable bonds is 5. The topological polar surface area (TPSA) is 43.6 Å². The van der Waals surface area contributed by atoms with E-state index in [-0.39, 0.29) is 0 Å². The summed E-state index contributed by atoms with van der Waals surface area (Å²) in [5.41, 5.74) is 12.6. The van der Waals surface area contributed by atoms with Gasteiger partial charge in [-0.05, 0) is 70.0 Å². The van der Waals surface area contributed by atoms with Crippen molar-refractivity contribution in [2.75, 3.05) is 0 Å². The average molecular weight is 653 g/mol. The third-order valence-electron chi connectivity index (χ3n) is 10.5. The van der Waals surface area contributed by atoms with E-state index < -0.39 is 5.41 Å². The highest BCUT2D eigenvalue weighted by Gasteiger charge is 2.49. The van der Waals surface area contributed by atoms with E-state index in [1.54, 1.807) is 0 Å². The third-order valence-corrected chi connectivity index (χ3v) is 10.5. The van der Waals surface area contributed by atoms with Crippen LogP contribution >= 0.6 is 0 Å². The van der Waals surface area contributed by atoms with Crippen LogP contribution in [0.4, 0.5) is 0 Å². The first kappa shape index (κ1) is 29.4. The van der Waals surface area contributed by atoms with Gasteiger partial charge in [-0.25, -0.2) is 4.98 Å². The number of aryl methyl sites for hydroxylation is 1. The van der Waals surface area contributed by atoms with Gasteiger partial charge in [-0.15, -0.1) is 0 Å². The van der Waals surface area contributed by atoms with Crippen LogP contribution in [0.1, 0.15) is 40.8 Å². The van der Waals surface area contributed by atoms with Gasteiger partial charge in [0.05, 0.1) is 16.6 Å². The summed E-state index contributed by atoms with van der Waals surface area (Å²) in [4.78, 5) is 15.5. The van der Waals surface area contributed by atoms with E-state index in [0.29, 0.717) is 24.0 Å². The van der Waals surface area contributed by atoms with Crippen LogP contribution in [0.2, 0.25) is 0 Å². The Labute approximate surface area is 297 Å². The van der Waals surface area contributed by atoms with Gasteiger partial charge in [-0.3, -0.25) is 4.57 Å². The minimum absolute atomic E-state index is 0.541. The molecule has 3 aliphatic carbocycles. The lowest BCUT2D eigenvalue weighted by atomic mass is 9.65. The maximum absolute atomic E-state index is 5.23. The lowest BCUT2D eigenvalue weighted by Gasteiger charge is -2.36. The van der Waals surface area contributed by atoms with Crippen molar-refractivity contribution < 1.29 is 0 Å². The monoisotopic (exact) mass is 652 g/mol. The van der Waals surface area contributed by atoms with Crippen LogP contribution in [0.5, 0.6) is 0 Å². The number of fused-ring (bicyclic) bond motifs is 7. The highest BCUT2D eigenvalue weighted by atomic mass is 15.2. The molecule has 240 valence electrons. The Kier molecular flexibility index (Phi) is 6.79. The maximum Gasteiger partial charge on any atom is 0.238 e. The molecule has 51 heavy (non-hydrogen) atoms. The Morgan fingerprint density at radius 2 is 1.35 bits per heavy atom. The van der Waals surface area contributed by atoms with Crippen molar-refractivity contribution in [2.45, 2.75) is 24.7 Å². The minimum Gasteiger partial charge on any atom is -0.278 e. The summed E-state index contributed by atoms with van der Waals surface area (Å²) in [6, 6.07) is 45.0. The number of hydrogen-bond acceptors (Lipinski definition) is 3. The number of allylic oxidation sites excluding steroid dienone is 5. The van der Waals surface area contributed by atoms with Gasteiger partial charge < -0.3 is 0 Å². The van der Waals surface area contributed by atoms with Crippen molar-refractivity contribution in [2.24, 2.45) is 0 Å². The molecule has 2 aromatic heterocycles. The second-order valence-corrected chi connectivity index (χ2v) is 13.2. The maximum atomic E-state index is 5.23. The second kappa shape index (κ2) is 11.8. The quantitative estimate of drug-likeness (QED) is 0.174. The summed E-state index contributed by atoms with van der Waals surface area (Å²) in [5, 5.41) is 1.27. The van der Waals surface area contributed by atoms with E-state index >= 15 is 0 Å². The molecular formula is C47H32N4. The molecule has 1 atom stereocenters. The Morgan fingerprint density at radius 3 is 2.10 bits per heavy atom. The van der Waals surface area contributed by atoms with Gasteiger partial charge >= 0.3 is 0 Å². The van der Waals surface area contributed by atoms with E-state index in [4.69, 9.17) is 15.0 Å². The van der Waals surface area contributed by atoms with Gasteiger partial charge in [0.25, 0.3) is 0 Å². The van der Waals surface area contributed by atoms with Gasteiger partial charge in [0.2, 0.25) is 5.95 Å². The van der Waals surface area contributed by atoms with E-state index in [1.165, 1.54) is 44.3 Å². The van der Waals surface area contributed by atoms with Crippen LogP contribution in [0.15, 0.2) is 157 Å². The van der Waals surface area contributed by atoms with Crippen LogP contribution in [0.25, 0.3) is 56.8 Å². The highest BCUT2D eigenvalue weighted by Crippen LogP contribution is 2.60. The molecule has 4 heteroatoms. The molecule has 0 N–H and O–H groups in total. The Morgan fingerprint density at radius 1 is 0.667 bits per heavy atom. The largest absolute Gasteiger partial charge is 0.278 e. The molecule has 0 fully saturated rings. The summed E-state index contributed by atoms with van der Waals surface area (Å²) < 4.78 is 2.28. The zero-order chi connectivity index (χ0) is 33.8. The molecule has 0 bridgehead atoms. The molecule has 4 nitrogen and oxygen atoms in total. The average Bonchev–Trinajstić information content (AvgIpc) is 3.54. The van der Waals surface area contributed by atoms with Crippen LogP contribution in [-0.2, 0) is 11.8 Å². The Hall–Kier alpha value is -6.57. The lowest BCUT2D eigenvalue weighted by molar-refractivity contribution is 0.736. The first-order chi connectivity index (χ1) is 25.3. The van der Waals surface area contributed by atoms with Crippen molar-refractivity contribution in [3.63, 3.8) is 0 Å². The number of benzene rings is 5. The fourth-order valence-electron chi connectivity index (χ4n) is 8.47. The summed E-state index contributed by atoms with van der Waals surface area (Å²) in [6.07, 6.45) is 13.5. The molecule has 0 aliphatic heterocycles. The predicted molar refractivity (Wildman–Crippen MR) is 206 cm³/mol. The zero-order valence-corrected chi connectivity index (χ0v) is 27.9. The van der Waals surface area contributed by atoms with Gasteiger partial charge in [0.1, 0.15) is 0 Å². The SMILES string of the molecule is C1#CCC(C2(c3ccccc3)c3ccccc3-c3ccc4c(c5c(n4-c4nc(-c6ccccc6)nc(-c6ccccc6)n4)C=CCC5)c32)=CC=C1. The third kappa shape index (κ3) is 4.45. The summed E-state index contributed by atoms with van der Waals surface area (Å²) in [7, 11) is 0. The normalized spacial score (nSPS) is 16.8. The molecule has 10 rings (SSSR count). The van der Waals surface area contributed by atoms with Gasteiger partial charge in [0, 0.05) is 22.9 Å². The molecule has 0 saturated heterocycles. The first-order valence-corrected chi connectivity index (χ1v) is 17.6.